The van der Waals surface area contributed by atoms with Crippen LogP contribution in [0.5, 0.6) is 5.75 Å². The monoisotopic (exact) mass is 458 g/mol. The van der Waals surface area contributed by atoms with Crippen LogP contribution in [0.3, 0.4) is 0 Å². The number of hydrazine groups is 1. The summed E-state index contributed by atoms with van der Waals surface area (Å²) in [6, 6.07) is 5.27. The Balaban J connectivity index is 1.56. The molecule has 9 nitrogen and oxygen atoms in total. The van der Waals surface area contributed by atoms with Crippen molar-refractivity contribution >= 4 is 23.5 Å². The van der Waals surface area contributed by atoms with E-state index in [0.717, 1.165) is 45.2 Å². The second kappa shape index (κ2) is 10.9. The van der Waals surface area contributed by atoms with Gasteiger partial charge in [0.05, 0.1) is 7.11 Å². The van der Waals surface area contributed by atoms with Gasteiger partial charge in [0, 0.05) is 30.4 Å². The predicted molar refractivity (Wildman–Crippen MR) is 128 cm³/mol. The zero-order valence-electron chi connectivity index (χ0n) is 19.6. The second-order valence-electron chi connectivity index (χ2n) is 8.97. The molecule has 4 rings (SSSR count). The maximum absolute atomic E-state index is 14.2. The number of nitrogens with one attached hydrogen (secondary N) is 2. The summed E-state index contributed by atoms with van der Waals surface area (Å²) in [6.45, 7) is 1.84. The third-order valence-electron chi connectivity index (χ3n) is 6.65. The fraction of sp³-hybridized carbons (Fsp3) is 0.609. The third kappa shape index (κ3) is 6.00. The highest BCUT2D eigenvalue weighted by atomic mass is 19.1. The van der Waals surface area contributed by atoms with Crippen molar-refractivity contribution in [3.05, 3.63) is 24.0 Å². The minimum Gasteiger partial charge on any atom is -0.494 e. The van der Waals surface area contributed by atoms with Crippen molar-refractivity contribution in [1.82, 2.24) is 19.9 Å². The van der Waals surface area contributed by atoms with Crippen LogP contribution in [0, 0.1) is 5.82 Å². The van der Waals surface area contributed by atoms with Crippen molar-refractivity contribution in [2.24, 2.45) is 5.84 Å². The summed E-state index contributed by atoms with van der Waals surface area (Å²) < 4.78 is 19.2. The Morgan fingerprint density at radius 1 is 1.09 bits per heavy atom. The molecule has 10 heteroatoms. The Morgan fingerprint density at radius 3 is 2.52 bits per heavy atom. The zero-order chi connectivity index (χ0) is 23.2. The number of aromatic nitrogens is 3. The van der Waals surface area contributed by atoms with Crippen LogP contribution in [-0.4, -0.2) is 59.2 Å². The number of methoxy groups -OCH3 is 1. The fourth-order valence-corrected chi connectivity index (χ4v) is 4.63. The molecule has 2 heterocycles. The molecule has 180 valence electrons. The number of likely N-dealkylation sites (tertiary alicyclic amines) is 1. The molecule has 0 bridgehead atoms. The van der Waals surface area contributed by atoms with E-state index in [-0.39, 0.29) is 11.8 Å². The zero-order valence-corrected chi connectivity index (χ0v) is 19.6. The lowest BCUT2D eigenvalue weighted by Gasteiger charge is -2.27. The second-order valence-corrected chi connectivity index (χ2v) is 8.97. The molecule has 33 heavy (non-hydrogen) atoms. The van der Waals surface area contributed by atoms with Gasteiger partial charge >= 0.3 is 0 Å². The summed E-state index contributed by atoms with van der Waals surface area (Å²) in [5.41, 5.74) is 0.518. The lowest BCUT2D eigenvalue weighted by molar-refractivity contribution is 0.322. The first-order valence-electron chi connectivity index (χ1n) is 11.9. The van der Waals surface area contributed by atoms with Gasteiger partial charge in [-0.25, -0.2) is 10.2 Å². The largest absolute Gasteiger partial charge is 0.494 e. The summed E-state index contributed by atoms with van der Waals surface area (Å²) in [6.07, 6.45) is 9.15. The van der Waals surface area contributed by atoms with Crippen molar-refractivity contribution in [2.45, 2.75) is 63.5 Å². The third-order valence-corrected chi connectivity index (χ3v) is 6.65. The summed E-state index contributed by atoms with van der Waals surface area (Å²) in [7, 11) is 3.57. The average Bonchev–Trinajstić information content (AvgIpc) is 3.04. The Kier molecular flexibility index (Phi) is 7.77. The molecule has 1 aromatic heterocycles. The van der Waals surface area contributed by atoms with Crippen LogP contribution in [0.4, 0.5) is 27.9 Å². The van der Waals surface area contributed by atoms with E-state index in [1.807, 2.05) is 0 Å². The first-order chi connectivity index (χ1) is 16.0. The predicted octanol–water partition coefficient (Wildman–Crippen LogP) is 3.67. The first-order valence-corrected chi connectivity index (χ1v) is 11.9. The van der Waals surface area contributed by atoms with Gasteiger partial charge in [-0.15, -0.1) is 0 Å². The molecule has 2 aliphatic rings. The SMILES string of the molecule is COc1ccc(Nc2nc(NCC3CCCN3C)nc(N(N)C3CCCCCC3)n2)cc1F. The summed E-state index contributed by atoms with van der Waals surface area (Å²) >= 11 is 0. The first kappa shape index (κ1) is 23.4. The highest BCUT2D eigenvalue weighted by Crippen LogP contribution is 2.26. The number of hydrogen-bond acceptors (Lipinski definition) is 9. The number of hydrogen-bond donors (Lipinski definition) is 3. The van der Waals surface area contributed by atoms with Gasteiger partial charge in [0.1, 0.15) is 0 Å². The van der Waals surface area contributed by atoms with Gasteiger partial charge in [0.25, 0.3) is 0 Å². The molecule has 1 aliphatic heterocycles. The smallest absolute Gasteiger partial charge is 0.246 e. The van der Waals surface area contributed by atoms with Crippen LogP contribution in [0.2, 0.25) is 0 Å². The molecular weight excluding hydrogens is 423 g/mol. The number of anilines is 4. The van der Waals surface area contributed by atoms with Gasteiger partial charge in [-0.05, 0) is 51.4 Å². The van der Waals surface area contributed by atoms with E-state index < -0.39 is 5.82 Å². The number of halogens is 1. The number of nitrogens with two attached hydrogens (primary N) is 1. The molecule has 1 saturated carbocycles. The van der Waals surface area contributed by atoms with E-state index in [1.54, 1.807) is 17.1 Å². The minimum absolute atomic E-state index is 0.182. The van der Waals surface area contributed by atoms with Gasteiger partial charge in [0.2, 0.25) is 17.8 Å². The van der Waals surface area contributed by atoms with E-state index in [2.05, 4.69) is 37.5 Å². The van der Waals surface area contributed by atoms with E-state index in [0.29, 0.717) is 29.6 Å². The Morgan fingerprint density at radius 2 is 1.85 bits per heavy atom. The van der Waals surface area contributed by atoms with Crippen molar-refractivity contribution in [3.8, 4) is 5.75 Å². The number of benzene rings is 1. The summed E-state index contributed by atoms with van der Waals surface area (Å²) in [5, 5.41) is 8.14. The van der Waals surface area contributed by atoms with Crippen molar-refractivity contribution in [2.75, 3.05) is 42.9 Å². The maximum atomic E-state index is 14.2. The number of ether oxygens (including phenoxy) is 1. The molecule has 1 atom stereocenters. The molecule has 1 unspecified atom stereocenters. The van der Waals surface area contributed by atoms with Crippen LogP contribution in [0.1, 0.15) is 51.4 Å². The topological polar surface area (TPSA) is 104 Å². The van der Waals surface area contributed by atoms with E-state index in [4.69, 9.17) is 10.6 Å². The van der Waals surface area contributed by atoms with Gasteiger partial charge in [0.15, 0.2) is 11.6 Å². The van der Waals surface area contributed by atoms with E-state index in [1.165, 1.54) is 32.4 Å². The van der Waals surface area contributed by atoms with E-state index in [9.17, 15) is 4.39 Å². The molecule has 1 saturated heterocycles. The van der Waals surface area contributed by atoms with Crippen LogP contribution in [0.15, 0.2) is 18.2 Å². The molecular formula is C23H35FN8O. The number of nitrogens with zero attached hydrogens (tertiary/aromatic N) is 5. The molecule has 1 aliphatic carbocycles. The van der Waals surface area contributed by atoms with Gasteiger partial charge in [-0.3, -0.25) is 5.01 Å². The molecule has 2 fully saturated rings. The quantitative estimate of drug-likeness (QED) is 0.310. The Labute approximate surface area is 194 Å². The molecule has 0 radical (unpaired) electrons. The highest BCUT2D eigenvalue weighted by Gasteiger charge is 2.23. The molecule has 0 amide bonds. The van der Waals surface area contributed by atoms with Crippen LogP contribution in [-0.2, 0) is 0 Å². The minimum atomic E-state index is -0.460. The highest BCUT2D eigenvalue weighted by molar-refractivity contribution is 5.57. The van der Waals surface area contributed by atoms with Crippen LogP contribution < -0.4 is 26.2 Å². The van der Waals surface area contributed by atoms with Gasteiger partial charge in [-0.2, -0.15) is 15.0 Å². The average molecular weight is 459 g/mol. The maximum Gasteiger partial charge on any atom is 0.246 e. The Bertz CT molecular complexity index is 921. The lowest BCUT2D eigenvalue weighted by Crippen LogP contribution is -2.42. The van der Waals surface area contributed by atoms with Crippen molar-refractivity contribution in [3.63, 3.8) is 0 Å². The van der Waals surface area contributed by atoms with Gasteiger partial charge < -0.3 is 20.3 Å². The van der Waals surface area contributed by atoms with Crippen molar-refractivity contribution < 1.29 is 9.13 Å². The van der Waals surface area contributed by atoms with Crippen molar-refractivity contribution in [1.29, 1.82) is 0 Å². The summed E-state index contributed by atoms with van der Waals surface area (Å²) in [4.78, 5) is 16.1. The number of rotatable bonds is 8. The van der Waals surface area contributed by atoms with Crippen LogP contribution in [0.25, 0.3) is 0 Å². The molecule has 0 spiro atoms. The normalized spacial score (nSPS) is 19.8. The molecule has 2 aromatic rings. The van der Waals surface area contributed by atoms with Gasteiger partial charge in [-0.1, -0.05) is 25.7 Å². The fourth-order valence-electron chi connectivity index (χ4n) is 4.63. The summed E-state index contributed by atoms with van der Waals surface area (Å²) in [5.74, 6) is 7.42. The number of likely N-dealkylation sites (N-methyl/N-ethyl adjacent to an activating group) is 1. The Hall–Kier alpha value is -2.72. The standard InChI is InChI=1S/C23H35FN8O/c1-31-13-7-10-18(31)15-26-21-28-22(27-16-11-12-20(33-2)19(24)14-16)30-23(29-21)32(25)17-8-5-3-4-6-9-17/h11-12,14,17-18H,3-10,13,15,25H2,1-2H3,(H2,26,27,28,29,30). The molecule has 1 aromatic carbocycles. The lowest BCUT2D eigenvalue weighted by atomic mass is 10.1. The molecule has 4 N–H and O–H groups in total. The van der Waals surface area contributed by atoms with Crippen LogP contribution >= 0.6 is 0 Å². The van der Waals surface area contributed by atoms with E-state index >= 15 is 0 Å².